The zero-order valence-corrected chi connectivity index (χ0v) is 9.72. The standard InChI is InChI=1S/C13H18O3/c1-10(2)16-13(15)12(14)9-8-11-6-4-3-5-7-11/h3-7,10,12,14H,8-9H2,1-2H3. The molecule has 0 aliphatic heterocycles. The Kier molecular flexibility index (Phi) is 4.99. The monoisotopic (exact) mass is 222 g/mol. The maximum atomic E-state index is 11.3. The molecule has 16 heavy (non-hydrogen) atoms. The molecule has 1 aromatic rings. The number of aliphatic hydroxyl groups is 1. The fraction of sp³-hybridized carbons (Fsp3) is 0.462. The minimum absolute atomic E-state index is 0.182. The fourth-order valence-electron chi connectivity index (χ4n) is 1.38. The van der Waals surface area contributed by atoms with Crippen molar-refractivity contribution in [2.45, 2.75) is 38.9 Å². The average molecular weight is 222 g/mol. The van der Waals surface area contributed by atoms with E-state index in [2.05, 4.69) is 0 Å². The second-order valence-corrected chi connectivity index (χ2v) is 4.03. The molecule has 1 unspecified atom stereocenters. The number of rotatable bonds is 5. The number of carbonyl (C=O) groups is 1. The molecule has 0 bridgehead atoms. The van der Waals surface area contributed by atoms with Gasteiger partial charge in [-0.25, -0.2) is 4.79 Å². The second kappa shape index (κ2) is 6.28. The lowest BCUT2D eigenvalue weighted by atomic mass is 10.1. The topological polar surface area (TPSA) is 46.5 Å². The number of aryl methyl sites for hydroxylation is 1. The highest BCUT2D eigenvalue weighted by Gasteiger charge is 2.17. The highest BCUT2D eigenvalue weighted by atomic mass is 16.6. The highest BCUT2D eigenvalue weighted by Crippen LogP contribution is 2.06. The van der Waals surface area contributed by atoms with Crippen molar-refractivity contribution in [3.8, 4) is 0 Å². The van der Waals surface area contributed by atoms with E-state index in [9.17, 15) is 9.90 Å². The first-order valence-electron chi connectivity index (χ1n) is 5.52. The predicted octanol–water partition coefficient (Wildman–Crippen LogP) is 1.93. The molecule has 3 heteroatoms. The van der Waals surface area contributed by atoms with Crippen molar-refractivity contribution in [1.82, 2.24) is 0 Å². The zero-order valence-electron chi connectivity index (χ0n) is 9.72. The van der Waals surface area contributed by atoms with Crippen LogP contribution in [0.5, 0.6) is 0 Å². The number of hydrogen-bond donors (Lipinski definition) is 1. The summed E-state index contributed by atoms with van der Waals surface area (Å²) < 4.78 is 4.91. The van der Waals surface area contributed by atoms with Gasteiger partial charge >= 0.3 is 5.97 Å². The minimum atomic E-state index is -1.03. The lowest BCUT2D eigenvalue weighted by Gasteiger charge is -2.12. The van der Waals surface area contributed by atoms with Crippen molar-refractivity contribution in [3.05, 3.63) is 35.9 Å². The van der Waals surface area contributed by atoms with E-state index in [0.717, 1.165) is 5.56 Å². The third kappa shape index (κ3) is 4.45. The van der Waals surface area contributed by atoms with Gasteiger partial charge in [0.05, 0.1) is 6.10 Å². The molecule has 88 valence electrons. The summed E-state index contributed by atoms with van der Waals surface area (Å²) >= 11 is 0. The molecule has 0 heterocycles. The normalized spacial score (nSPS) is 12.5. The minimum Gasteiger partial charge on any atom is -0.461 e. The largest absolute Gasteiger partial charge is 0.461 e. The third-order valence-electron chi connectivity index (χ3n) is 2.17. The zero-order chi connectivity index (χ0) is 12.0. The van der Waals surface area contributed by atoms with Gasteiger partial charge in [0.15, 0.2) is 6.10 Å². The molecule has 0 amide bonds. The van der Waals surface area contributed by atoms with Crippen LogP contribution in [-0.4, -0.2) is 23.3 Å². The Morgan fingerprint density at radius 1 is 1.31 bits per heavy atom. The van der Waals surface area contributed by atoms with E-state index in [1.807, 2.05) is 30.3 Å². The Labute approximate surface area is 96.1 Å². The first kappa shape index (κ1) is 12.7. The molecule has 0 saturated heterocycles. The van der Waals surface area contributed by atoms with Crippen LogP contribution >= 0.6 is 0 Å². The van der Waals surface area contributed by atoms with Crippen molar-refractivity contribution < 1.29 is 14.6 Å². The highest BCUT2D eigenvalue weighted by molar-refractivity contribution is 5.74. The number of aliphatic hydroxyl groups excluding tert-OH is 1. The van der Waals surface area contributed by atoms with Gasteiger partial charge in [-0.2, -0.15) is 0 Å². The molecule has 0 radical (unpaired) electrons. The van der Waals surface area contributed by atoms with Crippen molar-refractivity contribution in [3.63, 3.8) is 0 Å². The number of carbonyl (C=O) groups excluding carboxylic acids is 1. The van der Waals surface area contributed by atoms with E-state index in [-0.39, 0.29) is 6.10 Å². The molecule has 0 aliphatic carbocycles. The summed E-state index contributed by atoms with van der Waals surface area (Å²) in [5, 5.41) is 9.55. The van der Waals surface area contributed by atoms with Crippen molar-refractivity contribution in [2.75, 3.05) is 0 Å². The Morgan fingerprint density at radius 3 is 2.50 bits per heavy atom. The molecule has 1 atom stereocenters. The SMILES string of the molecule is CC(C)OC(=O)C(O)CCc1ccccc1. The molecule has 0 aliphatic rings. The van der Waals surface area contributed by atoms with Crippen molar-refractivity contribution in [2.24, 2.45) is 0 Å². The van der Waals surface area contributed by atoms with Crippen molar-refractivity contribution in [1.29, 1.82) is 0 Å². The second-order valence-electron chi connectivity index (χ2n) is 4.03. The summed E-state index contributed by atoms with van der Waals surface area (Å²) in [5.74, 6) is -0.536. The summed E-state index contributed by atoms with van der Waals surface area (Å²) in [6, 6.07) is 9.76. The summed E-state index contributed by atoms with van der Waals surface area (Å²) in [6.45, 7) is 3.53. The first-order valence-corrected chi connectivity index (χ1v) is 5.52. The van der Waals surface area contributed by atoms with E-state index < -0.39 is 12.1 Å². The van der Waals surface area contributed by atoms with Gasteiger partial charge in [-0.3, -0.25) is 0 Å². The van der Waals surface area contributed by atoms with E-state index in [1.54, 1.807) is 13.8 Å². The van der Waals surface area contributed by atoms with Crippen LogP contribution in [0.15, 0.2) is 30.3 Å². The van der Waals surface area contributed by atoms with Gasteiger partial charge in [0.2, 0.25) is 0 Å². The van der Waals surface area contributed by atoms with Crippen molar-refractivity contribution >= 4 is 5.97 Å². The lowest BCUT2D eigenvalue weighted by molar-refractivity contribution is -0.157. The molecule has 1 rings (SSSR count). The van der Waals surface area contributed by atoms with Crippen LogP contribution in [0, 0.1) is 0 Å². The third-order valence-corrected chi connectivity index (χ3v) is 2.17. The Balaban J connectivity index is 2.35. The summed E-state index contributed by atoms with van der Waals surface area (Å²) in [6.07, 6.45) is -0.133. The van der Waals surface area contributed by atoms with E-state index in [4.69, 9.17) is 4.74 Å². The number of hydrogen-bond acceptors (Lipinski definition) is 3. The molecule has 1 aromatic carbocycles. The average Bonchev–Trinajstić information content (AvgIpc) is 2.26. The number of ether oxygens (including phenoxy) is 1. The van der Waals surface area contributed by atoms with Crippen LogP contribution in [0.3, 0.4) is 0 Å². The molecule has 1 N–H and O–H groups in total. The summed E-state index contributed by atoms with van der Waals surface area (Å²) in [7, 11) is 0. The molecule has 0 aromatic heterocycles. The van der Waals surface area contributed by atoms with Crippen LogP contribution in [0.2, 0.25) is 0 Å². The fourth-order valence-corrected chi connectivity index (χ4v) is 1.38. The molecular weight excluding hydrogens is 204 g/mol. The van der Waals surface area contributed by atoms with Gasteiger partial charge in [-0.05, 0) is 32.3 Å². The molecular formula is C13H18O3. The number of benzene rings is 1. The Bertz CT molecular complexity index is 319. The lowest BCUT2D eigenvalue weighted by Crippen LogP contribution is -2.26. The predicted molar refractivity (Wildman–Crippen MR) is 62.0 cm³/mol. The van der Waals surface area contributed by atoms with Crippen LogP contribution in [-0.2, 0) is 16.0 Å². The van der Waals surface area contributed by atoms with Crippen LogP contribution in [0.25, 0.3) is 0 Å². The molecule has 0 saturated carbocycles. The summed E-state index contributed by atoms with van der Waals surface area (Å²) in [4.78, 5) is 11.3. The Hall–Kier alpha value is -1.35. The van der Waals surface area contributed by atoms with E-state index >= 15 is 0 Å². The number of esters is 1. The smallest absolute Gasteiger partial charge is 0.335 e. The van der Waals surface area contributed by atoms with Crippen LogP contribution in [0.4, 0.5) is 0 Å². The van der Waals surface area contributed by atoms with Gasteiger partial charge in [-0.15, -0.1) is 0 Å². The van der Waals surface area contributed by atoms with Gasteiger partial charge in [-0.1, -0.05) is 30.3 Å². The van der Waals surface area contributed by atoms with Crippen LogP contribution in [0.1, 0.15) is 25.8 Å². The van der Waals surface area contributed by atoms with E-state index in [1.165, 1.54) is 0 Å². The van der Waals surface area contributed by atoms with Gasteiger partial charge < -0.3 is 9.84 Å². The quantitative estimate of drug-likeness (QED) is 0.774. The summed E-state index contributed by atoms with van der Waals surface area (Å²) in [5.41, 5.74) is 1.11. The van der Waals surface area contributed by atoms with Crippen LogP contribution < -0.4 is 0 Å². The first-order chi connectivity index (χ1) is 7.59. The van der Waals surface area contributed by atoms with Gasteiger partial charge in [0.1, 0.15) is 0 Å². The molecule has 0 spiro atoms. The Morgan fingerprint density at radius 2 is 1.94 bits per heavy atom. The molecule has 3 nitrogen and oxygen atoms in total. The van der Waals surface area contributed by atoms with Gasteiger partial charge in [0.25, 0.3) is 0 Å². The maximum Gasteiger partial charge on any atom is 0.335 e. The van der Waals surface area contributed by atoms with Gasteiger partial charge in [0, 0.05) is 0 Å². The maximum absolute atomic E-state index is 11.3. The van der Waals surface area contributed by atoms with E-state index in [0.29, 0.717) is 12.8 Å². The molecule has 0 fully saturated rings.